The molecule has 5 rings (SSSR count). The van der Waals surface area contributed by atoms with E-state index in [0.29, 0.717) is 16.7 Å². The van der Waals surface area contributed by atoms with Gasteiger partial charge in [-0.05, 0) is 24.0 Å². The third-order valence-electron chi connectivity index (χ3n) is 6.45. The quantitative estimate of drug-likeness (QED) is 0.461. The van der Waals surface area contributed by atoms with Crippen LogP contribution >= 0.6 is 0 Å². The number of carbonyl (C=O) groups is 2. The lowest BCUT2D eigenvalue weighted by atomic mass is 9.87. The molecule has 8 nitrogen and oxygen atoms in total. The van der Waals surface area contributed by atoms with Crippen molar-refractivity contribution in [3.63, 3.8) is 0 Å². The van der Waals surface area contributed by atoms with Crippen LogP contribution in [0.5, 0.6) is 0 Å². The fraction of sp³-hybridized carbons (Fsp3) is 0.440. The number of rotatable bonds is 3. The van der Waals surface area contributed by atoms with E-state index in [0.717, 1.165) is 49.3 Å². The number of benzene rings is 1. The number of halogens is 3. The third-order valence-corrected chi connectivity index (χ3v) is 6.45. The number of Topliss-reactive ketones (excluding diaryl/α,β-unsaturated/α-hetero) is 1. The predicted octanol–water partition coefficient (Wildman–Crippen LogP) is 4.14. The van der Waals surface area contributed by atoms with E-state index in [-0.39, 0.29) is 5.78 Å². The number of H-pyrrole nitrogens is 1. The maximum atomic E-state index is 12.8. The maximum absolute atomic E-state index is 12.8. The smallest absolute Gasteiger partial charge is 0.475 e. The van der Waals surface area contributed by atoms with Crippen LogP contribution in [0.3, 0.4) is 0 Å². The Kier molecular flexibility index (Phi) is 6.78. The number of carboxylic acids is 1. The standard InChI is InChI=1S/C23H27N5O.C2HF3O2/c1-23(2,3)21(29)18-10-25-22-20(18)27-19(11-26-22)14-5-4-6-17(7-14)28-12-15-8-24-9-16(15)13-28;3-2(4,5)1(6)7/h4-7,10-11,15-16,24H,8-9,12-13H2,1-3H3,(H,25,26);(H,6,7)/t15-,16+;. The van der Waals surface area contributed by atoms with Crippen molar-refractivity contribution in [2.45, 2.75) is 26.9 Å². The molecule has 0 radical (unpaired) electrons. The number of hydrogen-bond acceptors (Lipinski definition) is 6. The van der Waals surface area contributed by atoms with Crippen molar-refractivity contribution in [1.82, 2.24) is 20.3 Å². The Hall–Kier alpha value is -3.47. The van der Waals surface area contributed by atoms with E-state index in [1.165, 1.54) is 5.69 Å². The summed E-state index contributed by atoms with van der Waals surface area (Å²) in [5, 5.41) is 10.6. The van der Waals surface area contributed by atoms with E-state index in [1.54, 1.807) is 12.4 Å². The number of anilines is 1. The largest absolute Gasteiger partial charge is 0.490 e. The molecule has 3 N–H and O–H groups in total. The van der Waals surface area contributed by atoms with Crippen molar-refractivity contribution in [3.05, 3.63) is 42.2 Å². The van der Waals surface area contributed by atoms with Crippen molar-refractivity contribution < 1.29 is 27.9 Å². The molecule has 1 aromatic carbocycles. The minimum absolute atomic E-state index is 0.0705. The van der Waals surface area contributed by atoms with Crippen LogP contribution in [0.1, 0.15) is 31.1 Å². The van der Waals surface area contributed by atoms with Crippen molar-refractivity contribution in [2.75, 3.05) is 31.1 Å². The first-order chi connectivity index (χ1) is 16.8. The summed E-state index contributed by atoms with van der Waals surface area (Å²) in [4.78, 5) is 36.6. The van der Waals surface area contributed by atoms with Crippen molar-refractivity contribution in [3.8, 4) is 11.3 Å². The lowest BCUT2D eigenvalue weighted by Crippen LogP contribution is -2.25. The van der Waals surface area contributed by atoms with Gasteiger partial charge in [0.1, 0.15) is 5.52 Å². The van der Waals surface area contributed by atoms with Gasteiger partial charge in [0.15, 0.2) is 11.4 Å². The molecule has 0 saturated carbocycles. The average Bonchev–Trinajstić information content (AvgIpc) is 3.52. The normalized spacial score (nSPS) is 19.7. The molecule has 4 heterocycles. The van der Waals surface area contributed by atoms with E-state index in [9.17, 15) is 18.0 Å². The molecule has 2 aliphatic rings. The average molecular weight is 504 g/mol. The molecule has 11 heteroatoms. The highest BCUT2D eigenvalue weighted by Gasteiger charge is 2.38. The highest BCUT2D eigenvalue weighted by Crippen LogP contribution is 2.33. The fourth-order valence-electron chi connectivity index (χ4n) is 4.54. The molecular formula is C25H28F3N5O3. The lowest BCUT2D eigenvalue weighted by Gasteiger charge is -2.20. The van der Waals surface area contributed by atoms with Crippen LogP contribution in [0.15, 0.2) is 36.7 Å². The van der Waals surface area contributed by atoms with Gasteiger partial charge in [0.2, 0.25) is 0 Å². The molecular weight excluding hydrogens is 475 g/mol. The number of fused-ring (bicyclic) bond motifs is 2. The van der Waals surface area contributed by atoms with Gasteiger partial charge in [0.25, 0.3) is 0 Å². The number of hydrogen-bond donors (Lipinski definition) is 3. The molecule has 2 saturated heterocycles. The van der Waals surface area contributed by atoms with Gasteiger partial charge in [-0.25, -0.2) is 14.8 Å². The van der Waals surface area contributed by atoms with E-state index >= 15 is 0 Å². The van der Waals surface area contributed by atoms with Gasteiger partial charge < -0.3 is 20.3 Å². The SMILES string of the molecule is CC(C)(C)C(=O)c1c[nH]c2ncc(-c3cccc(N4C[C@H]5CNC[C@H]5C4)c3)nc12.O=C(O)C(F)(F)F. The number of aromatic nitrogens is 3. The number of nitrogens with zero attached hydrogens (tertiary/aromatic N) is 3. The van der Waals surface area contributed by atoms with Crippen molar-refractivity contribution in [2.24, 2.45) is 17.3 Å². The summed E-state index contributed by atoms with van der Waals surface area (Å²) >= 11 is 0. The van der Waals surface area contributed by atoms with Crippen molar-refractivity contribution >= 4 is 28.6 Å². The van der Waals surface area contributed by atoms with Gasteiger partial charge in [0, 0.05) is 49.0 Å². The number of carbonyl (C=O) groups excluding carboxylic acids is 1. The van der Waals surface area contributed by atoms with Gasteiger partial charge in [-0.1, -0.05) is 32.9 Å². The monoisotopic (exact) mass is 503 g/mol. The first-order valence-electron chi connectivity index (χ1n) is 11.6. The van der Waals surface area contributed by atoms with Gasteiger partial charge in [0.05, 0.1) is 17.5 Å². The minimum Gasteiger partial charge on any atom is -0.475 e. The predicted molar refractivity (Wildman–Crippen MR) is 129 cm³/mol. The topological polar surface area (TPSA) is 111 Å². The van der Waals surface area contributed by atoms with E-state index in [1.807, 2.05) is 20.8 Å². The summed E-state index contributed by atoms with van der Waals surface area (Å²) in [6, 6.07) is 8.52. The zero-order chi connectivity index (χ0) is 26.3. The van der Waals surface area contributed by atoms with Gasteiger partial charge in [-0.3, -0.25) is 4.79 Å². The summed E-state index contributed by atoms with van der Waals surface area (Å²) in [7, 11) is 0. The van der Waals surface area contributed by atoms with E-state index in [4.69, 9.17) is 14.9 Å². The van der Waals surface area contributed by atoms with Crippen LogP contribution in [-0.4, -0.2) is 64.2 Å². The molecule has 0 bridgehead atoms. The van der Waals surface area contributed by atoms with Crippen molar-refractivity contribution in [1.29, 1.82) is 0 Å². The minimum atomic E-state index is -5.08. The first kappa shape index (κ1) is 25.6. The number of aromatic amines is 1. The Morgan fingerprint density at radius 3 is 2.33 bits per heavy atom. The number of nitrogens with one attached hydrogen (secondary N) is 2. The van der Waals surface area contributed by atoms with Crippen LogP contribution < -0.4 is 10.2 Å². The third kappa shape index (κ3) is 5.35. The molecule has 2 atom stereocenters. The van der Waals surface area contributed by atoms with Crippen LogP contribution in [0.25, 0.3) is 22.4 Å². The van der Waals surface area contributed by atoms with Gasteiger partial charge in [-0.2, -0.15) is 13.2 Å². The van der Waals surface area contributed by atoms with Crippen LogP contribution in [0.2, 0.25) is 0 Å². The second-order valence-electron chi connectivity index (χ2n) is 10.2. The van der Waals surface area contributed by atoms with E-state index in [2.05, 4.69) is 44.5 Å². The molecule has 3 aromatic rings. The molecule has 0 spiro atoms. The fourth-order valence-corrected chi connectivity index (χ4v) is 4.54. The molecule has 192 valence electrons. The van der Waals surface area contributed by atoms with Crippen LogP contribution in [0, 0.1) is 17.3 Å². The van der Waals surface area contributed by atoms with Crippen LogP contribution in [-0.2, 0) is 4.79 Å². The van der Waals surface area contributed by atoms with E-state index < -0.39 is 17.6 Å². The summed E-state index contributed by atoms with van der Waals surface area (Å²) in [6.07, 6.45) is -1.57. The zero-order valence-corrected chi connectivity index (χ0v) is 20.2. The molecule has 2 fully saturated rings. The first-order valence-corrected chi connectivity index (χ1v) is 11.6. The summed E-state index contributed by atoms with van der Waals surface area (Å²) < 4.78 is 31.7. The second-order valence-corrected chi connectivity index (χ2v) is 10.2. The maximum Gasteiger partial charge on any atom is 0.490 e. The molecule has 0 amide bonds. The second kappa shape index (κ2) is 9.53. The summed E-state index contributed by atoms with van der Waals surface area (Å²) in [6.45, 7) is 10.2. The number of ketones is 1. The lowest BCUT2D eigenvalue weighted by molar-refractivity contribution is -0.192. The number of carboxylic acid groups (broad SMARTS) is 1. The Bertz CT molecular complexity index is 1270. The molecule has 0 aliphatic carbocycles. The molecule has 36 heavy (non-hydrogen) atoms. The highest BCUT2D eigenvalue weighted by atomic mass is 19.4. The number of alkyl halides is 3. The Morgan fingerprint density at radius 1 is 1.11 bits per heavy atom. The highest BCUT2D eigenvalue weighted by molar-refractivity contribution is 6.08. The summed E-state index contributed by atoms with van der Waals surface area (Å²) in [5.74, 6) is -1.19. The Morgan fingerprint density at radius 2 is 1.75 bits per heavy atom. The summed E-state index contributed by atoms with van der Waals surface area (Å²) in [5.41, 5.74) is 4.50. The zero-order valence-electron chi connectivity index (χ0n) is 20.2. The van der Waals surface area contributed by atoms with Gasteiger partial charge in [-0.15, -0.1) is 0 Å². The van der Waals surface area contributed by atoms with Gasteiger partial charge >= 0.3 is 12.1 Å². The Labute approximate surface area is 205 Å². The molecule has 2 aromatic heterocycles. The number of aliphatic carboxylic acids is 1. The molecule has 2 aliphatic heterocycles. The van der Waals surface area contributed by atoms with Crippen LogP contribution in [0.4, 0.5) is 18.9 Å². The molecule has 0 unspecified atom stereocenters. The Balaban J connectivity index is 0.000000384.